The van der Waals surface area contributed by atoms with E-state index in [0.717, 1.165) is 5.56 Å². The molecule has 0 aromatic heterocycles. The summed E-state index contributed by atoms with van der Waals surface area (Å²) in [6.07, 6.45) is 0.397. The predicted octanol–water partition coefficient (Wildman–Crippen LogP) is 5.25. The molecule has 0 unspecified atom stereocenters. The molecule has 1 aromatic rings. The minimum Gasteiger partial charge on any atom is -0.275 e. The Kier molecular flexibility index (Phi) is 9.56. The van der Waals surface area contributed by atoms with E-state index in [4.69, 9.17) is 0 Å². The maximum atomic E-state index is 12.7. The topological polar surface area (TPSA) is 61.8 Å². The highest BCUT2D eigenvalue weighted by Gasteiger charge is 2.46. The van der Waals surface area contributed by atoms with Gasteiger partial charge in [-0.2, -0.15) is 26.7 Å². The third kappa shape index (κ3) is 6.89. The summed E-state index contributed by atoms with van der Waals surface area (Å²) in [5, 5.41) is 6.01. The van der Waals surface area contributed by atoms with Crippen LogP contribution >= 0.6 is 0 Å². The molecular formula is C18H28F3N3O2S. The Balaban J connectivity index is 0.00000326. The van der Waals surface area contributed by atoms with Crippen LogP contribution in [0.25, 0.3) is 0 Å². The van der Waals surface area contributed by atoms with E-state index < -0.39 is 15.5 Å². The highest BCUT2D eigenvalue weighted by atomic mass is 32.2. The second-order valence-corrected chi connectivity index (χ2v) is 7.13. The highest BCUT2D eigenvalue weighted by Crippen LogP contribution is 2.28. The van der Waals surface area contributed by atoms with Gasteiger partial charge in [-0.25, -0.2) is 0 Å². The van der Waals surface area contributed by atoms with E-state index in [-0.39, 0.29) is 5.69 Å². The Hall–Kier alpha value is -2.03. The van der Waals surface area contributed by atoms with Gasteiger partial charge in [0.15, 0.2) is 0 Å². The molecule has 0 saturated carbocycles. The van der Waals surface area contributed by atoms with Gasteiger partial charge in [0.2, 0.25) is 0 Å². The molecule has 0 radical (unpaired) electrons. The molecule has 1 aromatic carbocycles. The Labute approximate surface area is 160 Å². The predicted molar refractivity (Wildman–Crippen MR) is 105 cm³/mol. The maximum Gasteiger partial charge on any atom is 0.516 e. The lowest BCUT2D eigenvalue weighted by Gasteiger charge is -2.20. The van der Waals surface area contributed by atoms with Gasteiger partial charge in [-0.1, -0.05) is 39.0 Å². The zero-order chi connectivity index (χ0) is 21.4. The average Bonchev–Trinajstić information content (AvgIpc) is 2.58. The molecule has 1 N–H and O–H groups in total. The fourth-order valence-electron chi connectivity index (χ4n) is 2.08. The van der Waals surface area contributed by atoms with Crippen molar-refractivity contribution < 1.29 is 21.6 Å². The number of benzene rings is 1. The lowest BCUT2D eigenvalue weighted by atomic mass is 10.0. The van der Waals surface area contributed by atoms with Gasteiger partial charge in [-0.05, 0) is 39.3 Å². The number of anilines is 1. The molecule has 27 heavy (non-hydrogen) atoms. The van der Waals surface area contributed by atoms with Gasteiger partial charge in [-0.15, -0.1) is 0 Å². The van der Waals surface area contributed by atoms with Crippen LogP contribution in [0.4, 0.5) is 18.9 Å². The van der Waals surface area contributed by atoms with E-state index in [1.165, 1.54) is 12.1 Å². The highest BCUT2D eigenvalue weighted by molar-refractivity contribution is 7.93. The van der Waals surface area contributed by atoms with Crippen LogP contribution in [0.5, 0.6) is 0 Å². The maximum absolute atomic E-state index is 12.7. The number of sulfonamides is 1. The van der Waals surface area contributed by atoms with E-state index in [9.17, 15) is 21.6 Å². The zero-order valence-corrected chi connectivity index (χ0v) is 17.4. The Morgan fingerprint density at radius 1 is 1.26 bits per heavy atom. The monoisotopic (exact) mass is 407 g/mol. The summed E-state index contributed by atoms with van der Waals surface area (Å²) in [5.41, 5.74) is -3.38. The molecule has 0 aliphatic rings. The van der Waals surface area contributed by atoms with Crippen LogP contribution in [0, 0.1) is 6.92 Å². The van der Waals surface area contributed by atoms with Crippen molar-refractivity contribution in [1.29, 1.82) is 0 Å². The van der Waals surface area contributed by atoms with Crippen LogP contribution in [-0.4, -0.2) is 31.2 Å². The third-order valence-corrected chi connectivity index (χ3v) is 4.45. The summed E-state index contributed by atoms with van der Waals surface area (Å²) in [4.78, 5) is 0. The van der Waals surface area contributed by atoms with Gasteiger partial charge in [0, 0.05) is 17.8 Å². The summed E-state index contributed by atoms with van der Waals surface area (Å²) in [5.74, 6) is 0. The number of halogens is 3. The lowest BCUT2D eigenvalue weighted by Crippen LogP contribution is -2.30. The van der Waals surface area contributed by atoms with Crippen molar-refractivity contribution in [2.45, 2.75) is 53.5 Å². The van der Waals surface area contributed by atoms with Crippen molar-refractivity contribution in [2.24, 2.45) is 5.10 Å². The Morgan fingerprint density at radius 2 is 1.81 bits per heavy atom. The van der Waals surface area contributed by atoms with E-state index in [2.05, 4.69) is 11.7 Å². The van der Waals surface area contributed by atoms with Gasteiger partial charge >= 0.3 is 15.5 Å². The number of nitrogens with zero attached hydrogens (tertiary/aromatic N) is 2. The SMILES string of the molecule is C=C(C)N(CC)/N=C(\CC)c1cc(C)ccc1NS(=O)(=O)C(F)(F)F.CC. The zero-order valence-electron chi connectivity index (χ0n) is 16.6. The van der Waals surface area contributed by atoms with Crippen LogP contribution < -0.4 is 4.72 Å². The molecule has 0 amide bonds. The number of nitrogens with one attached hydrogen (secondary N) is 1. The van der Waals surface area contributed by atoms with E-state index >= 15 is 0 Å². The molecular weight excluding hydrogens is 379 g/mol. The second kappa shape index (κ2) is 10.3. The number of allylic oxidation sites excluding steroid dienone is 1. The van der Waals surface area contributed by atoms with Crippen molar-refractivity contribution in [3.05, 3.63) is 41.6 Å². The fraction of sp³-hybridized carbons (Fsp3) is 0.500. The normalized spacial score (nSPS) is 12.1. The number of alkyl halides is 3. The van der Waals surface area contributed by atoms with Crippen molar-refractivity contribution >= 4 is 21.4 Å². The fourth-order valence-corrected chi connectivity index (χ4v) is 2.66. The first-order chi connectivity index (χ1) is 12.4. The van der Waals surface area contributed by atoms with Crippen LogP contribution in [0.2, 0.25) is 0 Å². The largest absolute Gasteiger partial charge is 0.516 e. The standard InChI is InChI=1S/C16H22F3N3O2S.C2H6/c1-6-14(20-22(7-2)11(3)4)13-10-12(5)8-9-15(13)21-25(23,24)16(17,18)19;1-2/h8-10,21H,3,6-7H2,1-2,4-5H3;1-2H3/b20-14+;. The van der Waals surface area contributed by atoms with Crippen molar-refractivity contribution in [2.75, 3.05) is 11.3 Å². The summed E-state index contributed by atoms with van der Waals surface area (Å²) in [7, 11) is -5.51. The molecule has 0 aliphatic carbocycles. The summed E-state index contributed by atoms with van der Waals surface area (Å²) in [6, 6.07) is 4.43. The quantitative estimate of drug-likeness (QED) is 0.496. The first kappa shape index (κ1) is 25.0. The average molecular weight is 408 g/mol. The number of hydrogen-bond donors (Lipinski definition) is 1. The summed E-state index contributed by atoms with van der Waals surface area (Å²) in [6.45, 7) is 15.5. The second-order valence-electron chi connectivity index (χ2n) is 5.45. The number of hydrazone groups is 1. The Morgan fingerprint density at radius 3 is 2.22 bits per heavy atom. The third-order valence-electron chi connectivity index (χ3n) is 3.35. The molecule has 1 rings (SSSR count). The lowest BCUT2D eigenvalue weighted by molar-refractivity contribution is -0.0429. The van der Waals surface area contributed by atoms with Gasteiger partial charge in [0.05, 0.1) is 11.4 Å². The first-order valence-electron chi connectivity index (χ1n) is 8.63. The Bertz CT molecular complexity index is 773. The van der Waals surface area contributed by atoms with Gasteiger partial charge in [0.25, 0.3) is 0 Å². The van der Waals surface area contributed by atoms with Crippen molar-refractivity contribution in [3.63, 3.8) is 0 Å². The van der Waals surface area contributed by atoms with Crippen LogP contribution in [0.1, 0.15) is 52.2 Å². The first-order valence-corrected chi connectivity index (χ1v) is 10.1. The molecule has 0 aliphatic heterocycles. The minimum absolute atomic E-state index is 0.165. The van der Waals surface area contributed by atoms with Crippen LogP contribution in [0.3, 0.4) is 0 Å². The molecule has 0 spiro atoms. The van der Waals surface area contributed by atoms with Gasteiger partial charge < -0.3 is 0 Å². The summed E-state index contributed by atoms with van der Waals surface area (Å²) < 4.78 is 62.6. The van der Waals surface area contributed by atoms with Crippen LogP contribution in [-0.2, 0) is 10.0 Å². The molecule has 5 nitrogen and oxygen atoms in total. The van der Waals surface area contributed by atoms with Crippen LogP contribution in [0.15, 0.2) is 35.6 Å². The van der Waals surface area contributed by atoms with Crippen molar-refractivity contribution in [1.82, 2.24) is 5.01 Å². The van der Waals surface area contributed by atoms with E-state index in [0.29, 0.717) is 29.9 Å². The smallest absolute Gasteiger partial charge is 0.275 e. The molecule has 0 bridgehead atoms. The number of hydrogen-bond acceptors (Lipinski definition) is 4. The molecule has 0 heterocycles. The van der Waals surface area contributed by atoms with E-state index in [1.54, 1.807) is 36.6 Å². The van der Waals surface area contributed by atoms with Gasteiger partial charge in [0.1, 0.15) is 0 Å². The number of rotatable bonds is 7. The molecule has 9 heteroatoms. The summed E-state index contributed by atoms with van der Waals surface area (Å²) >= 11 is 0. The molecule has 0 fully saturated rings. The van der Waals surface area contributed by atoms with Gasteiger partial charge in [-0.3, -0.25) is 9.73 Å². The van der Waals surface area contributed by atoms with Crippen molar-refractivity contribution in [3.8, 4) is 0 Å². The van der Waals surface area contributed by atoms with E-state index in [1.807, 2.05) is 20.8 Å². The molecule has 0 atom stereocenters. The number of aryl methyl sites for hydroxylation is 1. The minimum atomic E-state index is -5.51. The molecule has 0 saturated heterocycles. The molecule has 154 valence electrons.